The van der Waals surface area contributed by atoms with E-state index in [-0.39, 0.29) is 5.56 Å². The Kier molecular flexibility index (Phi) is 2.99. The number of alkyl halides is 3. The molecule has 0 fully saturated rings. The van der Waals surface area contributed by atoms with Crippen LogP contribution in [0.15, 0.2) is 30.3 Å². The van der Waals surface area contributed by atoms with E-state index in [1.807, 2.05) is 0 Å². The Hall–Kier alpha value is -1.25. The zero-order chi connectivity index (χ0) is 10.8. The van der Waals surface area contributed by atoms with Crippen molar-refractivity contribution in [2.45, 2.75) is 13.1 Å². The number of benzene rings is 1. The first-order valence-electron chi connectivity index (χ1n) is 4.09. The van der Waals surface area contributed by atoms with Crippen molar-refractivity contribution >= 4 is 5.57 Å². The second-order valence-electron chi connectivity index (χ2n) is 2.93. The maximum atomic E-state index is 12.5. The van der Waals surface area contributed by atoms with Crippen LogP contribution in [0, 0.1) is 6.92 Å². The van der Waals surface area contributed by atoms with Crippen molar-refractivity contribution in [2.75, 3.05) is 0 Å². The number of halogens is 3. The van der Waals surface area contributed by atoms with Crippen molar-refractivity contribution in [2.24, 2.45) is 0 Å². The van der Waals surface area contributed by atoms with E-state index in [1.165, 1.54) is 18.2 Å². The smallest absolute Gasteiger partial charge is 0.166 e. The molecule has 0 atom stereocenters. The SMILES string of the molecule is [CH2]C=C(C)c1ccccc1C(F)(F)F. The highest BCUT2D eigenvalue weighted by atomic mass is 19.4. The molecule has 0 saturated heterocycles. The van der Waals surface area contributed by atoms with Gasteiger partial charge in [-0.25, -0.2) is 0 Å². The molecule has 0 spiro atoms. The lowest BCUT2D eigenvalue weighted by Crippen LogP contribution is -2.07. The Labute approximate surface area is 81.1 Å². The first kappa shape index (κ1) is 10.8. The molecule has 0 nitrogen and oxygen atoms in total. The molecule has 0 unspecified atom stereocenters. The van der Waals surface area contributed by atoms with E-state index in [4.69, 9.17) is 0 Å². The fourth-order valence-electron chi connectivity index (χ4n) is 1.18. The number of rotatable bonds is 1. The lowest BCUT2D eigenvalue weighted by atomic mass is 10.0. The molecule has 0 bridgehead atoms. The lowest BCUT2D eigenvalue weighted by molar-refractivity contribution is -0.137. The standard InChI is InChI=1S/C11H10F3/c1-3-8(2)9-6-4-5-7-10(9)11(12,13)14/h3-7H,1H2,2H3. The molecular formula is C11H10F3. The first-order valence-corrected chi connectivity index (χ1v) is 4.09. The highest BCUT2D eigenvalue weighted by Gasteiger charge is 2.32. The van der Waals surface area contributed by atoms with Crippen LogP contribution in [0.4, 0.5) is 13.2 Å². The van der Waals surface area contributed by atoms with Gasteiger partial charge in [0.1, 0.15) is 0 Å². The molecule has 0 aliphatic rings. The summed E-state index contributed by atoms with van der Waals surface area (Å²) in [6.07, 6.45) is -2.88. The Balaban J connectivity index is 3.31. The predicted molar refractivity (Wildman–Crippen MR) is 50.5 cm³/mol. The fraction of sp³-hybridized carbons (Fsp3) is 0.182. The molecule has 1 rings (SSSR count). The maximum absolute atomic E-state index is 12.5. The van der Waals surface area contributed by atoms with Crippen LogP contribution in [-0.2, 0) is 6.18 Å². The Bertz CT molecular complexity index is 348. The average Bonchev–Trinajstić information content (AvgIpc) is 2.15. The van der Waals surface area contributed by atoms with E-state index in [0.717, 1.165) is 6.07 Å². The minimum Gasteiger partial charge on any atom is -0.166 e. The Morgan fingerprint density at radius 2 is 1.86 bits per heavy atom. The van der Waals surface area contributed by atoms with Gasteiger partial charge in [0.05, 0.1) is 5.56 Å². The number of allylic oxidation sites excluding steroid dienone is 2. The molecule has 3 heteroatoms. The summed E-state index contributed by atoms with van der Waals surface area (Å²) in [7, 11) is 0. The first-order chi connectivity index (χ1) is 6.46. The van der Waals surface area contributed by atoms with Crippen LogP contribution >= 0.6 is 0 Å². The Morgan fingerprint density at radius 3 is 2.36 bits per heavy atom. The zero-order valence-electron chi connectivity index (χ0n) is 7.73. The van der Waals surface area contributed by atoms with Gasteiger partial charge in [-0.2, -0.15) is 13.2 Å². The normalized spacial score (nSPS) is 13.1. The van der Waals surface area contributed by atoms with Gasteiger partial charge in [0.25, 0.3) is 0 Å². The average molecular weight is 199 g/mol. The molecular weight excluding hydrogens is 189 g/mol. The monoisotopic (exact) mass is 199 g/mol. The van der Waals surface area contributed by atoms with Crippen molar-refractivity contribution in [3.05, 3.63) is 48.4 Å². The fourth-order valence-corrected chi connectivity index (χ4v) is 1.18. The summed E-state index contributed by atoms with van der Waals surface area (Å²) < 4.78 is 37.5. The van der Waals surface area contributed by atoms with Gasteiger partial charge in [0, 0.05) is 0 Å². The van der Waals surface area contributed by atoms with Gasteiger partial charge >= 0.3 is 6.18 Å². The van der Waals surface area contributed by atoms with E-state index in [0.29, 0.717) is 5.57 Å². The molecule has 0 aliphatic carbocycles. The molecule has 1 aromatic rings. The highest BCUT2D eigenvalue weighted by molar-refractivity contribution is 5.67. The van der Waals surface area contributed by atoms with Gasteiger partial charge in [0.15, 0.2) is 0 Å². The number of hydrogen-bond acceptors (Lipinski definition) is 0. The molecule has 0 N–H and O–H groups in total. The summed E-state index contributed by atoms with van der Waals surface area (Å²) in [5, 5.41) is 0. The predicted octanol–water partition coefficient (Wildman–Crippen LogP) is 3.94. The third-order valence-electron chi connectivity index (χ3n) is 1.96. The van der Waals surface area contributed by atoms with Crippen LogP contribution in [0.3, 0.4) is 0 Å². The van der Waals surface area contributed by atoms with Crippen LogP contribution < -0.4 is 0 Å². The van der Waals surface area contributed by atoms with E-state index >= 15 is 0 Å². The zero-order valence-corrected chi connectivity index (χ0v) is 7.73. The summed E-state index contributed by atoms with van der Waals surface area (Å²) in [5.41, 5.74) is 0.102. The molecule has 1 aromatic carbocycles. The van der Waals surface area contributed by atoms with Gasteiger partial charge < -0.3 is 0 Å². The van der Waals surface area contributed by atoms with E-state index in [1.54, 1.807) is 13.0 Å². The van der Waals surface area contributed by atoms with Crippen molar-refractivity contribution in [1.82, 2.24) is 0 Å². The van der Waals surface area contributed by atoms with Crippen LogP contribution in [0.2, 0.25) is 0 Å². The summed E-state index contributed by atoms with van der Waals surface area (Å²) in [6, 6.07) is 5.47. The van der Waals surface area contributed by atoms with Gasteiger partial charge in [-0.3, -0.25) is 0 Å². The minimum atomic E-state index is -4.30. The van der Waals surface area contributed by atoms with Crippen molar-refractivity contribution < 1.29 is 13.2 Å². The summed E-state index contributed by atoms with van der Waals surface area (Å²) in [4.78, 5) is 0. The molecule has 1 radical (unpaired) electrons. The number of hydrogen-bond donors (Lipinski definition) is 0. The second-order valence-corrected chi connectivity index (χ2v) is 2.93. The van der Waals surface area contributed by atoms with Crippen LogP contribution in [-0.4, -0.2) is 0 Å². The summed E-state index contributed by atoms with van der Waals surface area (Å²) >= 11 is 0. The van der Waals surface area contributed by atoms with Gasteiger partial charge in [-0.05, 0) is 31.1 Å². The largest absolute Gasteiger partial charge is 0.416 e. The summed E-state index contributed by atoms with van der Waals surface area (Å²) in [6.45, 7) is 5.06. The van der Waals surface area contributed by atoms with Crippen LogP contribution in [0.25, 0.3) is 5.57 Å². The topological polar surface area (TPSA) is 0 Å². The van der Waals surface area contributed by atoms with E-state index in [9.17, 15) is 13.2 Å². The molecule has 0 amide bonds. The van der Waals surface area contributed by atoms with E-state index < -0.39 is 11.7 Å². The Morgan fingerprint density at radius 1 is 1.29 bits per heavy atom. The third kappa shape index (κ3) is 2.16. The van der Waals surface area contributed by atoms with Crippen molar-refractivity contribution in [3.63, 3.8) is 0 Å². The van der Waals surface area contributed by atoms with Crippen LogP contribution in [0.5, 0.6) is 0 Å². The van der Waals surface area contributed by atoms with Gasteiger partial charge in [0.2, 0.25) is 0 Å². The van der Waals surface area contributed by atoms with Gasteiger partial charge in [-0.1, -0.05) is 24.3 Å². The molecule has 75 valence electrons. The van der Waals surface area contributed by atoms with Crippen molar-refractivity contribution in [1.29, 1.82) is 0 Å². The molecule has 0 aliphatic heterocycles. The quantitative estimate of drug-likeness (QED) is 0.642. The van der Waals surface area contributed by atoms with E-state index in [2.05, 4.69) is 6.92 Å². The highest BCUT2D eigenvalue weighted by Crippen LogP contribution is 2.34. The molecule has 0 aromatic heterocycles. The second kappa shape index (κ2) is 3.86. The third-order valence-corrected chi connectivity index (χ3v) is 1.96. The minimum absolute atomic E-state index is 0.190. The van der Waals surface area contributed by atoms with Crippen LogP contribution in [0.1, 0.15) is 18.1 Å². The van der Waals surface area contributed by atoms with Crippen molar-refractivity contribution in [3.8, 4) is 0 Å². The lowest BCUT2D eigenvalue weighted by Gasteiger charge is -2.12. The molecule has 14 heavy (non-hydrogen) atoms. The maximum Gasteiger partial charge on any atom is 0.416 e. The van der Waals surface area contributed by atoms with Gasteiger partial charge in [-0.15, -0.1) is 0 Å². The molecule has 0 saturated carbocycles. The molecule has 0 heterocycles. The summed E-state index contributed by atoms with van der Waals surface area (Å²) in [5.74, 6) is 0.